The van der Waals surface area contributed by atoms with Crippen molar-refractivity contribution in [2.45, 2.75) is 0 Å². The molecule has 0 spiro atoms. The van der Waals surface area contributed by atoms with Gasteiger partial charge in [0.15, 0.2) is 0 Å². The lowest BCUT2D eigenvalue weighted by Gasteiger charge is -1.98. The quantitative estimate of drug-likeness (QED) is 0.455. The predicted octanol–water partition coefficient (Wildman–Crippen LogP) is 5.53. The summed E-state index contributed by atoms with van der Waals surface area (Å²) in [6.45, 7) is 0. The highest BCUT2D eigenvalue weighted by atomic mass is 35.5. The highest BCUT2D eigenvalue weighted by molar-refractivity contribution is 7.18. The Labute approximate surface area is 129 Å². The molecule has 0 aliphatic carbocycles. The summed E-state index contributed by atoms with van der Waals surface area (Å²) >= 11 is 7.19. The van der Waals surface area contributed by atoms with Crippen LogP contribution in [0.15, 0.2) is 59.0 Å². The molecule has 102 valence electrons. The minimum absolute atomic E-state index is 0.0147. The second-order valence-corrected chi connectivity index (χ2v) is 6.46. The van der Waals surface area contributed by atoms with Crippen molar-refractivity contribution in [3.05, 3.63) is 69.4 Å². The van der Waals surface area contributed by atoms with Crippen LogP contribution in [-0.4, -0.2) is 5.78 Å². The number of halogens is 1. The highest BCUT2D eigenvalue weighted by Gasteiger charge is 2.14. The number of thiophene rings is 1. The molecule has 4 heteroatoms. The van der Waals surface area contributed by atoms with E-state index in [1.54, 1.807) is 18.2 Å². The maximum Gasteiger partial charge on any atom is 0.203 e. The number of benzene rings is 2. The maximum atomic E-state index is 12.5. The van der Waals surface area contributed by atoms with Crippen molar-refractivity contribution in [2.24, 2.45) is 0 Å². The van der Waals surface area contributed by atoms with Gasteiger partial charge in [0, 0.05) is 16.3 Å². The average molecular weight is 313 g/mol. The first-order chi connectivity index (χ1) is 10.2. The zero-order chi connectivity index (χ0) is 14.4. The molecule has 0 unspecified atom stereocenters. The molecule has 0 aliphatic rings. The first-order valence-electron chi connectivity index (χ1n) is 6.44. The van der Waals surface area contributed by atoms with Crippen LogP contribution in [0.1, 0.15) is 15.2 Å². The van der Waals surface area contributed by atoms with Crippen molar-refractivity contribution in [3.8, 4) is 0 Å². The molecule has 0 fully saturated rings. The van der Waals surface area contributed by atoms with Gasteiger partial charge in [-0.05, 0) is 36.4 Å². The number of para-hydroxylation sites is 1. The third kappa shape index (κ3) is 2.06. The molecule has 2 aromatic heterocycles. The van der Waals surface area contributed by atoms with Gasteiger partial charge in [-0.2, -0.15) is 0 Å². The van der Waals surface area contributed by atoms with Gasteiger partial charge >= 0.3 is 0 Å². The molecule has 0 aliphatic heterocycles. The lowest BCUT2D eigenvalue weighted by atomic mass is 10.1. The molecule has 21 heavy (non-hydrogen) atoms. The van der Waals surface area contributed by atoms with Crippen molar-refractivity contribution in [2.75, 3.05) is 0 Å². The number of carbonyl (C=O) groups is 1. The Morgan fingerprint density at radius 3 is 2.57 bits per heavy atom. The van der Waals surface area contributed by atoms with Gasteiger partial charge in [0.1, 0.15) is 11.2 Å². The van der Waals surface area contributed by atoms with Crippen molar-refractivity contribution in [3.63, 3.8) is 0 Å². The number of carbonyl (C=O) groups excluding carboxylic acids is 1. The number of hydrogen-bond acceptors (Lipinski definition) is 3. The van der Waals surface area contributed by atoms with Gasteiger partial charge in [-0.3, -0.25) is 4.79 Å². The van der Waals surface area contributed by atoms with Crippen LogP contribution in [-0.2, 0) is 0 Å². The largest absolute Gasteiger partial charge is 0.456 e. The second kappa shape index (κ2) is 4.72. The number of ketones is 1. The van der Waals surface area contributed by atoms with E-state index in [-0.39, 0.29) is 5.78 Å². The monoisotopic (exact) mass is 312 g/mol. The van der Waals surface area contributed by atoms with Crippen LogP contribution in [0.4, 0.5) is 0 Å². The number of hydrogen-bond donors (Lipinski definition) is 0. The van der Waals surface area contributed by atoms with Crippen molar-refractivity contribution >= 4 is 50.7 Å². The molecule has 4 rings (SSSR count). The molecule has 2 aromatic carbocycles. The lowest BCUT2D eigenvalue weighted by Crippen LogP contribution is -1.97. The Bertz CT molecular complexity index is 981. The van der Waals surface area contributed by atoms with Crippen molar-refractivity contribution < 1.29 is 9.21 Å². The Hall–Kier alpha value is -2.10. The minimum atomic E-state index is -0.0147. The third-order valence-electron chi connectivity index (χ3n) is 3.44. The van der Waals surface area contributed by atoms with E-state index in [9.17, 15) is 4.79 Å². The molecule has 0 saturated carbocycles. The normalized spacial score (nSPS) is 11.3. The van der Waals surface area contributed by atoms with Crippen LogP contribution in [0.2, 0.25) is 4.34 Å². The van der Waals surface area contributed by atoms with E-state index in [0.29, 0.717) is 14.8 Å². The Morgan fingerprint density at radius 1 is 0.952 bits per heavy atom. The van der Waals surface area contributed by atoms with Crippen LogP contribution in [0.25, 0.3) is 21.9 Å². The summed E-state index contributed by atoms with van der Waals surface area (Å²) in [4.78, 5) is 13.1. The molecule has 4 aromatic rings. The molecule has 0 bridgehead atoms. The van der Waals surface area contributed by atoms with E-state index < -0.39 is 0 Å². The zero-order valence-electron chi connectivity index (χ0n) is 10.8. The van der Waals surface area contributed by atoms with Gasteiger partial charge < -0.3 is 4.42 Å². The van der Waals surface area contributed by atoms with Gasteiger partial charge in [-0.15, -0.1) is 11.3 Å². The fraction of sp³-hybridized carbons (Fsp3) is 0. The van der Waals surface area contributed by atoms with Crippen molar-refractivity contribution in [1.29, 1.82) is 0 Å². The molecule has 0 radical (unpaired) electrons. The van der Waals surface area contributed by atoms with Crippen LogP contribution < -0.4 is 0 Å². The summed E-state index contributed by atoms with van der Waals surface area (Å²) in [5.41, 5.74) is 2.26. The Kier molecular flexibility index (Phi) is 2.84. The molecule has 0 saturated heterocycles. The summed E-state index contributed by atoms with van der Waals surface area (Å²) in [7, 11) is 0. The average Bonchev–Trinajstić information content (AvgIpc) is 3.09. The van der Waals surface area contributed by atoms with E-state index in [0.717, 1.165) is 21.9 Å². The molecule has 0 atom stereocenters. The smallest absolute Gasteiger partial charge is 0.203 e. The van der Waals surface area contributed by atoms with E-state index in [1.807, 2.05) is 36.4 Å². The minimum Gasteiger partial charge on any atom is -0.456 e. The standard InChI is InChI=1S/C17H9ClO2S/c18-16-8-7-15(21-16)17(19)10-5-6-14-12(9-10)11-3-1-2-4-13(11)20-14/h1-9H. The van der Waals surface area contributed by atoms with E-state index in [1.165, 1.54) is 11.3 Å². The predicted molar refractivity (Wildman–Crippen MR) is 86.5 cm³/mol. The van der Waals surface area contributed by atoms with Gasteiger partial charge in [0.2, 0.25) is 5.78 Å². The summed E-state index contributed by atoms with van der Waals surface area (Å²) in [5, 5.41) is 1.98. The van der Waals surface area contributed by atoms with Crippen molar-refractivity contribution in [1.82, 2.24) is 0 Å². The van der Waals surface area contributed by atoms with Crippen LogP contribution in [0, 0.1) is 0 Å². The fourth-order valence-corrected chi connectivity index (χ4v) is 3.45. The van der Waals surface area contributed by atoms with Crippen LogP contribution in [0.3, 0.4) is 0 Å². The molecular formula is C17H9ClO2S. The summed E-state index contributed by atoms with van der Waals surface area (Å²) in [5.74, 6) is -0.0147. The van der Waals surface area contributed by atoms with Gasteiger partial charge in [0.05, 0.1) is 9.21 Å². The SMILES string of the molecule is O=C(c1ccc2oc3ccccc3c2c1)c1ccc(Cl)s1. The van der Waals surface area contributed by atoms with Crippen LogP contribution >= 0.6 is 22.9 Å². The van der Waals surface area contributed by atoms with Crippen LogP contribution in [0.5, 0.6) is 0 Å². The van der Waals surface area contributed by atoms with Gasteiger partial charge in [0.25, 0.3) is 0 Å². The zero-order valence-corrected chi connectivity index (χ0v) is 12.4. The number of fused-ring (bicyclic) bond motifs is 3. The molecule has 0 N–H and O–H groups in total. The Morgan fingerprint density at radius 2 is 1.76 bits per heavy atom. The summed E-state index contributed by atoms with van der Waals surface area (Å²) in [6.07, 6.45) is 0. The molecule has 0 amide bonds. The maximum absolute atomic E-state index is 12.5. The first kappa shape index (κ1) is 12.6. The fourth-order valence-electron chi connectivity index (χ4n) is 2.45. The topological polar surface area (TPSA) is 30.2 Å². The second-order valence-electron chi connectivity index (χ2n) is 4.74. The van der Waals surface area contributed by atoms with E-state index in [2.05, 4.69) is 0 Å². The first-order valence-corrected chi connectivity index (χ1v) is 7.63. The summed E-state index contributed by atoms with van der Waals surface area (Å²) in [6, 6.07) is 16.8. The number of rotatable bonds is 2. The van der Waals surface area contributed by atoms with Gasteiger partial charge in [-0.25, -0.2) is 0 Å². The molecule has 2 nitrogen and oxygen atoms in total. The van der Waals surface area contributed by atoms with E-state index >= 15 is 0 Å². The van der Waals surface area contributed by atoms with Gasteiger partial charge in [-0.1, -0.05) is 29.8 Å². The Balaban J connectivity index is 1.90. The third-order valence-corrected chi connectivity index (χ3v) is 4.67. The summed E-state index contributed by atoms with van der Waals surface area (Å²) < 4.78 is 6.39. The highest BCUT2D eigenvalue weighted by Crippen LogP contribution is 2.30. The van der Waals surface area contributed by atoms with E-state index in [4.69, 9.17) is 16.0 Å². The molecule has 2 heterocycles. The number of furan rings is 1. The molecular weight excluding hydrogens is 304 g/mol. The lowest BCUT2D eigenvalue weighted by molar-refractivity contribution is 0.104.